The number of carbonyl (C=O) groups excluding carboxylic acids is 1. The van der Waals surface area contributed by atoms with Crippen LogP contribution in [0.15, 0.2) is 29.2 Å². The van der Waals surface area contributed by atoms with E-state index in [9.17, 15) is 26.4 Å². The van der Waals surface area contributed by atoms with E-state index in [2.05, 4.69) is 0 Å². The molecular weight excluding hydrogens is 409 g/mol. The van der Waals surface area contributed by atoms with Crippen molar-refractivity contribution in [2.75, 3.05) is 6.54 Å². The molecule has 0 spiro atoms. The van der Waals surface area contributed by atoms with Crippen LogP contribution in [-0.2, 0) is 19.6 Å². The van der Waals surface area contributed by atoms with Crippen LogP contribution in [0.25, 0.3) is 0 Å². The highest BCUT2D eigenvalue weighted by atomic mass is 35.5. The summed E-state index contributed by atoms with van der Waals surface area (Å²) in [6.45, 7) is 1.52. The Morgan fingerprint density at radius 2 is 1.93 bits per heavy atom. The van der Waals surface area contributed by atoms with Crippen LogP contribution in [0.1, 0.15) is 26.2 Å². The number of primary amides is 1. The molecule has 1 aliphatic heterocycles. The number of halogens is 4. The Morgan fingerprint density at radius 3 is 2.37 bits per heavy atom. The monoisotopic (exact) mass is 428 g/mol. The number of nitrogens with two attached hydrogens (primary N) is 1. The topological polar surface area (TPSA) is 89.7 Å². The summed E-state index contributed by atoms with van der Waals surface area (Å²) in [5.41, 5.74) is 5.25. The standard InChI is InChI=1S/C16H20ClF3N2O4S/c1-10-8-12(26-10)9-22(14(15(21)23)6-7-16(18,19)20)27(24,25)13-4-2-11(17)3-5-13/h2-5,10,12,14H,6-9H2,1H3,(H2,21,23)/t10-,12+,14-/m1/s1. The molecule has 0 unspecified atom stereocenters. The number of alkyl halides is 3. The van der Waals surface area contributed by atoms with Gasteiger partial charge in [-0.05, 0) is 37.6 Å². The van der Waals surface area contributed by atoms with Crippen molar-refractivity contribution in [3.8, 4) is 0 Å². The molecule has 27 heavy (non-hydrogen) atoms. The molecule has 1 aromatic carbocycles. The first-order chi connectivity index (χ1) is 12.4. The average molecular weight is 429 g/mol. The SMILES string of the molecule is C[C@@H]1C[C@@H](CN([C@H](CCC(F)(F)F)C(N)=O)S(=O)(=O)c2ccc(Cl)cc2)O1. The van der Waals surface area contributed by atoms with E-state index in [1.807, 2.05) is 0 Å². The van der Waals surface area contributed by atoms with Crippen LogP contribution in [0.2, 0.25) is 5.02 Å². The Balaban J connectivity index is 2.35. The minimum Gasteiger partial charge on any atom is -0.374 e. The van der Waals surface area contributed by atoms with Gasteiger partial charge in [-0.15, -0.1) is 0 Å². The van der Waals surface area contributed by atoms with Crippen LogP contribution in [0.5, 0.6) is 0 Å². The van der Waals surface area contributed by atoms with Gasteiger partial charge in [0.2, 0.25) is 15.9 Å². The number of sulfonamides is 1. The Morgan fingerprint density at radius 1 is 1.37 bits per heavy atom. The number of nitrogens with zero attached hydrogens (tertiary/aromatic N) is 1. The van der Waals surface area contributed by atoms with E-state index in [0.717, 1.165) is 0 Å². The minimum atomic E-state index is -4.55. The van der Waals surface area contributed by atoms with Crippen molar-refractivity contribution in [1.29, 1.82) is 0 Å². The molecule has 0 bridgehead atoms. The van der Waals surface area contributed by atoms with Gasteiger partial charge in [-0.25, -0.2) is 8.42 Å². The number of hydrogen-bond acceptors (Lipinski definition) is 4. The fourth-order valence-corrected chi connectivity index (χ4v) is 4.65. The Labute approximate surface area is 160 Å². The Kier molecular flexibility index (Phi) is 6.77. The lowest BCUT2D eigenvalue weighted by Gasteiger charge is -2.38. The summed E-state index contributed by atoms with van der Waals surface area (Å²) in [5.74, 6) is -1.15. The number of ether oxygens (including phenoxy) is 1. The van der Waals surface area contributed by atoms with Crippen LogP contribution < -0.4 is 5.73 Å². The molecule has 3 atom stereocenters. The number of rotatable bonds is 8. The van der Waals surface area contributed by atoms with Crippen LogP contribution in [0, 0.1) is 0 Å². The van der Waals surface area contributed by atoms with Gasteiger partial charge in [0.05, 0.1) is 17.1 Å². The molecule has 0 saturated carbocycles. The highest BCUT2D eigenvalue weighted by Gasteiger charge is 2.41. The molecule has 2 rings (SSSR count). The second-order valence-corrected chi connectivity index (χ2v) is 8.73. The molecular formula is C16H20ClF3N2O4S. The summed E-state index contributed by atoms with van der Waals surface area (Å²) in [6, 6.07) is 3.47. The fraction of sp³-hybridized carbons (Fsp3) is 0.562. The van der Waals surface area contributed by atoms with Crippen molar-refractivity contribution < 1.29 is 31.1 Å². The molecule has 1 fully saturated rings. The van der Waals surface area contributed by atoms with Crippen molar-refractivity contribution in [3.05, 3.63) is 29.3 Å². The summed E-state index contributed by atoms with van der Waals surface area (Å²) in [6.07, 6.45) is -6.74. The molecule has 1 amide bonds. The second-order valence-electron chi connectivity index (χ2n) is 6.41. The molecule has 1 aromatic rings. The normalized spacial score (nSPS) is 21.7. The summed E-state index contributed by atoms with van der Waals surface area (Å²) in [7, 11) is -4.29. The summed E-state index contributed by atoms with van der Waals surface area (Å²) in [4.78, 5) is 11.6. The van der Waals surface area contributed by atoms with E-state index >= 15 is 0 Å². The van der Waals surface area contributed by atoms with Crippen molar-refractivity contribution in [1.82, 2.24) is 4.31 Å². The molecule has 0 aliphatic carbocycles. The number of carbonyl (C=O) groups is 1. The number of amides is 1. The predicted molar refractivity (Wildman–Crippen MR) is 92.6 cm³/mol. The van der Waals surface area contributed by atoms with Gasteiger partial charge in [0.25, 0.3) is 0 Å². The minimum absolute atomic E-state index is 0.0858. The van der Waals surface area contributed by atoms with E-state index in [1.54, 1.807) is 6.92 Å². The molecule has 11 heteroatoms. The van der Waals surface area contributed by atoms with Gasteiger partial charge in [-0.2, -0.15) is 17.5 Å². The van der Waals surface area contributed by atoms with Gasteiger partial charge in [0.15, 0.2) is 0 Å². The third-order valence-electron chi connectivity index (χ3n) is 4.20. The maximum absolute atomic E-state index is 13.0. The van der Waals surface area contributed by atoms with Crippen LogP contribution in [0.4, 0.5) is 13.2 Å². The van der Waals surface area contributed by atoms with E-state index in [4.69, 9.17) is 22.1 Å². The van der Waals surface area contributed by atoms with Crippen LogP contribution in [0.3, 0.4) is 0 Å². The lowest BCUT2D eigenvalue weighted by Crippen LogP contribution is -2.54. The third-order valence-corrected chi connectivity index (χ3v) is 6.34. The highest BCUT2D eigenvalue weighted by Crippen LogP contribution is 2.30. The van der Waals surface area contributed by atoms with Gasteiger partial charge >= 0.3 is 6.18 Å². The molecule has 1 heterocycles. The smallest absolute Gasteiger partial charge is 0.374 e. The molecule has 1 aliphatic rings. The highest BCUT2D eigenvalue weighted by molar-refractivity contribution is 7.89. The van der Waals surface area contributed by atoms with Crippen LogP contribution in [-0.4, -0.2) is 49.6 Å². The average Bonchev–Trinajstić information content (AvgIpc) is 2.51. The molecule has 6 nitrogen and oxygen atoms in total. The van der Waals surface area contributed by atoms with Crippen molar-refractivity contribution >= 4 is 27.5 Å². The third kappa shape index (κ3) is 5.81. The Bertz CT molecular complexity index is 765. The van der Waals surface area contributed by atoms with E-state index < -0.39 is 47.1 Å². The Hall–Kier alpha value is -1.36. The molecule has 0 aromatic heterocycles. The van der Waals surface area contributed by atoms with Crippen molar-refractivity contribution in [3.63, 3.8) is 0 Å². The molecule has 1 saturated heterocycles. The van der Waals surface area contributed by atoms with Gasteiger partial charge in [-0.1, -0.05) is 11.6 Å². The second kappa shape index (κ2) is 8.34. The van der Waals surface area contributed by atoms with Crippen molar-refractivity contribution in [2.45, 2.75) is 55.5 Å². The van der Waals surface area contributed by atoms with Crippen LogP contribution >= 0.6 is 11.6 Å². The molecule has 152 valence electrons. The van der Waals surface area contributed by atoms with E-state index in [0.29, 0.717) is 15.7 Å². The number of benzene rings is 1. The lowest BCUT2D eigenvalue weighted by atomic mass is 10.1. The first kappa shape index (κ1) is 21.9. The lowest BCUT2D eigenvalue weighted by molar-refractivity contribution is -0.143. The van der Waals surface area contributed by atoms with Gasteiger partial charge in [-0.3, -0.25) is 4.79 Å². The van der Waals surface area contributed by atoms with Gasteiger partial charge in [0.1, 0.15) is 6.04 Å². The summed E-state index contributed by atoms with van der Waals surface area (Å²) in [5, 5.41) is 0.292. The first-order valence-corrected chi connectivity index (χ1v) is 10.0. The largest absolute Gasteiger partial charge is 0.389 e. The maximum Gasteiger partial charge on any atom is 0.389 e. The van der Waals surface area contributed by atoms with Crippen molar-refractivity contribution in [2.24, 2.45) is 5.73 Å². The van der Waals surface area contributed by atoms with E-state index in [1.165, 1.54) is 24.3 Å². The number of hydrogen-bond donors (Lipinski definition) is 1. The zero-order valence-corrected chi connectivity index (χ0v) is 16.0. The van der Waals surface area contributed by atoms with E-state index in [-0.39, 0.29) is 17.5 Å². The van der Waals surface area contributed by atoms with Gasteiger partial charge in [0, 0.05) is 24.4 Å². The van der Waals surface area contributed by atoms with Gasteiger partial charge < -0.3 is 10.5 Å². The summed E-state index contributed by atoms with van der Waals surface area (Å²) >= 11 is 5.76. The summed E-state index contributed by atoms with van der Waals surface area (Å²) < 4.78 is 70.0. The predicted octanol–water partition coefficient (Wildman–Crippen LogP) is 2.70. The zero-order chi connectivity index (χ0) is 20.4. The zero-order valence-electron chi connectivity index (χ0n) is 14.4. The first-order valence-electron chi connectivity index (χ1n) is 8.19. The maximum atomic E-state index is 13.0. The molecule has 0 radical (unpaired) electrons. The molecule has 2 N–H and O–H groups in total. The fourth-order valence-electron chi connectivity index (χ4n) is 2.87. The quantitative estimate of drug-likeness (QED) is 0.689.